The summed E-state index contributed by atoms with van der Waals surface area (Å²) in [6.07, 6.45) is 7.24. The molecule has 6 heteroatoms. The Kier molecular flexibility index (Phi) is 12.3. The van der Waals surface area contributed by atoms with Crippen molar-refractivity contribution in [3.63, 3.8) is 0 Å². The molecule has 1 fully saturated rings. The van der Waals surface area contributed by atoms with Gasteiger partial charge in [-0.2, -0.15) is 0 Å². The molecule has 6 nitrogen and oxygen atoms in total. The van der Waals surface area contributed by atoms with Crippen LogP contribution < -0.4 is 5.73 Å². The van der Waals surface area contributed by atoms with Gasteiger partial charge in [0.15, 0.2) is 0 Å². The molecule has 22 heavy (non-hydrogen) atoms. The second-order valence-corrected chi connectivity index (χ2v) is 5.27. The van der Waals surface area contributed by atoms with E-state index in [9.17, 15) is 0 Å². The molecule has 2 N–H and O–H groups in total. The maximum absolute atomic E-state index is 5.87. The zero-order chi connectivity index (χ0) is 15.9. The molecule has 0 aliphatic carbocycles. The first kappa shape index (κ1) is 19.4. The molecule has 0 unspecified atom stereocenters. The number of piperidine rings is 1. The van der Waals surface area contributed by atoms with Gasteiger partial charge in [0, 0.05) is 12.6 Å². The van der Waals surface area contributed by atoms with Crippen molar-refractivity contribution in [3.8, 4) is 12.3 Å². The molecular formula is C16H30N2O4. The minimum absolute atomic E-state index is 0.335. The molecule has 0 aromatic carbocycles. The van der Waals surface area contributed by atoms with Crippen LogP contribution in [0.2, 0.25) is 0 Å². The third-order valence-electron chi connectivity index (χ3n) is 3.49. The average molecular weight is 314 g/mol. The average Bonchev–Trinajstić information content (AvgIpc) is 2.53. The van der Waals surface area contributed by atoms with Crippen molar-refractivity contribution in [2.24, 2.45) is 5.73 Å². The summed E-state index contributed by atoms with van der Waals surface area (Å²) in [4.78, 5) is 2.40. The molecule has 1 heterocycles. The van der Waals surface area contributed by atoms with Gasteiger partial charge in [-0.25, -0.2) is 0 Å². The SMILES string of the molecule is C#CCOCCOCCOCCOCCN1CCC(N)CC1. The maximum atomic E-state index is 5.87. The van der Waals surface area contributed by atoms with Gasteiger partial charge in [-0.3, -0.25) is 0 Å². The van der Waals surface area contributed by atoms with Crippen molar-refractivity contribution >= 4 is 0 Å². The first-order chi connectivity index (χ1) is 10.8. The third-order valence-corrected chi connectivity index (χ3v) is 3.49. The lowest BCUT2D eigenvalue weighted by Gasteiger charge is -2.29. The Labute approximate surface area is 134 Å². The molecule has 0 radical (unpaired) electrons. The monoisotopic (exact) mass is 314 g/mol. The van der Waals surface area contributed by atoms with Crippen LogP contribution in [0.25, 0.3) is 0 Å². The van der Waals surface area contributed by atoms with Crippen LogP contribution in [0.1, 0.15) is 12.8 Å². The van der Waals surface area contributed by atoms with E-state index in [4.69, 9.17) is 31.1 Å². The first-order valence-electron chi connectivity index (χ1n) is 8.05. The van der Waals surface area contributed by atoms with Crippen molar-refractivity contribution in [2.45, 2.75) is 18.9 Å². The predicted octanol–water partition coefficient (Wildman–Crippen LogP) is 0.109. The minimum Gasteiger partial charge on any atom is -0.378 e. The van der Waals surface area contributed by atoms with E-state index in [1.165, 1.54) is 0 Å². The second kappa shape index (κ2) is 13.9. The van der Waals surface area contributed by atoms with Crippen LogP contribution in [0.4, 0.5) is 0 Å². The van der Waals surface area contributed by atoms with Crippen LogP contribution in [-0.4, -0.2) is 83.4 Å². The smallest absolute Gasteiger partial charge is 0.107 e. The van der Waals surface area contributed by atoms with E-state index in [2.05, 4.69) is 10.8 Å². The molecule has 0 aromatic heterocycles. The Morgan fingerprint density at radius 2 is 1.36 bits per heavy atom. The Balaban J connectivity index is 1.72. The molecule has 0 atom stereocenters. The van der Waals surface area contributed by atoms with Crippen LogP contribution in [-0.2, 0) is 18.9 Å². The fraction of sp³-hybridized carbons (Fsp3) is 0.875. The van der Waals surface area contributed by atoms with Crippen LogP contribution in [0.3, 0.4) is 0 Å². The summed E-state index contributed by atoms with van der Waals surface area (Å²) < 4.78 is 21.4. The first-order valence-corrected chi connectivity index (χ1v) is 8.05. The molecule has 1 aliphatic rings. The lowest BCUT2D eigenvalue weighted by atomic mass is 10.1. The fourth-order valence-electron chi connectivity index (χ4n) is 2.16. The molecule has 0 bridgehead atoms. The van der Waals surface area contributed by atoms with Gasteiger partial charge in [0.25, 0.3) is 0 Å². The summed E-state index contributed by atoms with van der Waals surface area (Å²) in [6.45, 7) is 7.66. The molecule has 1 rings (SSSR count). The number of ether oxygens (including phenoxy) is 4. The fourth-order valence-corrected chi connectivity index (χ4v) is 2.16. The summed E-state index contributed by atoms with van der Waals surface area (Å²) in [6, 6.07) is 0.386. The number of hydrogen-bond acceptors (Lipinski definition) is 6. The standard InChI is InChI=1S/C16H30N2O4/c1-2-8-19-10-12-21-14-15-22-13-11-20-9-7-18-5-3-16(17)4-6-18/h1,16H,3-15,17H2. The highest BCUT2D eigenvalue weighted by atomic mass is 16.6. The van der Waals surface area contributed by atoms with Crippen molar-refractivity contribution in [1.29, 1.82) is 0 Å². The number of likely N-dealkylation sites (tertiary alicyclic amines) is 1. The van der Waals surface area contributed by atoms with E-state index in [-0.39, 0.29) is 0 Å². The number of nitrogens with zero attached hydrogens (tertiary/aromatic N) is 1. The quantitative estimate of drug-likeness (QED) is 0.384. The van der Waals surface area contributed by atoms with Gasteiger partial charge in [-0.15, -0.1) is 6.42 Å². The number of nitrogens with two attached hydrogens (primary N) is 1. The zero-order valence-electron chi connectivity index (χ0n) is 13.5. The Morgan fingerprint density at radius 1 is 0.864 bits per heavy atom. The molecular weight excluding hydrogens is 284 g/mol. The van der Waals surface area contributed by atoms with E-state index in [1.54, 1.807) is 0 Å². The molecule has 128 valence electrons. The highest BCUT2D eigenvalue weighted by Crippen LogP contribution is 2.07. The minimum atomic E-state index is 0.335. The highest BCUT2D eigenvalue weighted by molar-refractivity contribution is 4.82. The van der Waals surface area contributed by atoms with E-state index in [0.717, 1.165) is 39.1 Å². The van der Waals surface area contributed by atoms with Gasteiger partial charge in [0.2, 0.25) is 0 Å². The maximum Gasteiger partial charge on any atom is 0.107 e. The molecule has 0 aromatic rings. The van der Waals surface area contributed by atoms with E-state index in [1.807, 2.05) is 0 Å². The summed E-state index contributed by atoms with van der Waals surface area (Å²) in [7, 11) is 0. The molecule has 0 saturated carbocycles. The molecule has 1 aliphatic heterocycles. The van der Waals surface area contributed by atoms with E-state index in [0.29, 0.717) is 52.3 Å². The van der Waals surface area contributed by atoms with Crippen molar-refractivity contribution in [3.05, 3.63) is 0 Å². The summed E-state index contributed by atoms with van der Waals surface area (Å²) in [5, 5.41) is 0. The Hall–Kier alpha value is -0.680. The molecule has 0 spiro atoms. The van der Waals surface area contributed by atoms with Gasteiger partial charge in [-0.1, -0.05) is 5.92 Å². The van der Waals surface area contributed by atoms with Crippen molar-refractivity contribution < 1.29 is 18.9 Å². The number of rotatable bonds is 13. The Morgan fingerprint density at radius 3 is 1.91 bits per heavy atom. The Bertz CT molecular complexity index is 288. The largest absolute Gasteiger partial charge is 0.378 e. The van der Waals surface area contributed by atoms with Crippen LogP contribution in [0, 0.1) is 12.3 Å². The van der Waals surface area contributed by atoms with E-state index < -0.39 is 0 Å². The normalized spacial score (nSPS) is 16.7. The zero-order valence-corrected chi connectivity index (χ0v) is 13.5. The third kappa shape index (κ3) is 11.0. The lowest BCUT2D eigenvalue weighted by Crippen LogP contribution is -2.41. The van der Waals surface area contributed by atoms with Crippen molar-refractivity contribution in [1.82, 2.24) is 4.90 Å². The summed E-state index contributed by atoms with van der Waals surface area (Å²) in [5.74, 6) is 2.40. The van der Waals surface area contributed by atoms with Crippen LogP contribution in [0.15, 0.2) is 0 Å². The number of hydrogen-bond donors (Lipinski definition) is 1. The summed E-state index contributed by atoms with van der Waals surface area (Å²) in [5.41, 5.74) is 5.87. The molecule has 1 saturated heterocycles. The van der Waals surface area contributed by atoms with Crippen LogP contribution >= 0.6 is 0 Å². The van der Waals surface area contributed by atoms with Crippen LogP contribution in [0.5, 0.6) is 0 Å². The second-order valence-electron chi connectivity index (χ2n) is 5.27. The lowest BCUT2D eigenvalue weighted by molar-refractivity contribution is -0.00166. The highest BCUT2D eigenvalue weighted by Gasteiger charge is 2.14. The topological polar surface area (TPSA) is 66.2 Å². The van der Waals surface area contributed by atoms with Crippen molar-refractivity contribution in [2.75, 3.05) is 72.5 Å². The number of terminal acetylenes is 1. The molecule has 0 amide bonds. The van der Waals surface area contributed by atoms with Gasteiger partial charge < -0.3 is 29.6 Å². The van der Waals surface area contributed by atoms with Gasteiger partial charge in [0.05, 0.1) is 46.2 Å². The van der Waals surface area contributed by atoms with E-state index >= 15 is 0 Å². The predicted molar refractivity (Wildman–Crippen MR) is 85.8 cm³/mol. The summed E-state index contributed by atoms with van der Waals surface area (Å²) >= 11 is 0. The van der Waals surface area contributed by atoms with Gasteiger partial charge in [0.1, 0.15) is 6.61 Å². The van der Waals surface area contributed by atoms with Gasteiger partial charge in [-0.05, 0) is 25.9 Å². The van der Waals surface area contributed by atoms with Gasteiger partial charge >= 0.3 is 0 Å².